The third-order valence-electron chi connectivity index (χ3n) is 1.75. The highest BCUT2D eigenvalue weighted by atomic mass is 16.8. The Balaban J connectivity index is 2.79. The molecule has 13 heavy (non-hydrogen) atoms. The third-order valence-corrected chi connectivity index (χ3v) is 1.75. The predicted octanol–water partition coefficient (Wildman–Crippen LogP) is -0.182. The maximum absolute atomic E-state index is 10.5. The molecule has 0 saturated carbocycles. The molecule has 0 aliphatic rings. The molecule has 5 nitrogen and oxygen atoms in total. The summed E-state index contributed by atoms with van der Waals surface area (Å²) < 4.78 is 4.94. The Morgan fingerprint density at radius 3 is 2.31 bits per heavy atom. The molecular formula is C8H12N2O3. The molecule has 0 aliphatic carbocycles. The summed E-state index contributed by atoms with van der Waals surface area (Å²) in [5.74, 6) is 0.711. The number of hydrogen-bond donors (Lipinski definition) is 2. The quantitative estimate of drug-likeness (QED) is 0.640. The van der Waals surface area contributed by atoms with Crippen LogP contribution in [0.15, 0.2) is 24.3 Å². The third kappa shape index (κ3) is 2.32. The molecule has 2 N–H and O–H groups in total. The number of rotatable bonds is 3. The predicted molar refractivity (Wildman–Crippen MR) is 47.5 cm³/mol. The highest BCUT2D eigenvalue weighted by Crippen LogP contribution is 2.15. The van der Waals surface area contributed by atoms with Gasteiger partial charge in [0.05, 0.1) is 19.8 Å². The van der Waals surface area contributed by atoms with Crippen molar-refractivity contribution in [1.82, 2.24) is 0 Å². The zero-order valence-electron chi connectivity index (χ0n) is 7.52. The molecule has 0 bridgehead atoms. The number of nitrogens with one attached hydrogen (secondary N) is 1. The van der Waals surface area contributed by atoms with Gasteiger partial charge in [-0.25, -0.2) is 0 Å². The second-order valence-electron chi connectivity index (χ2n) is 2.54. The summed E-state index contributed by atoms with van der Waals surface area (Å²) in [4.78, 5) is 0. The maximum Gasteiger partial charge on any atom is 0.119 e. The van der Waals surface area contributed by atoms with E-state index >= 15 is 0 Å². The van der Waals surface area contributed by atoms with Crippen molar-refractivity contribution in [3.63, 3.8) is 0 Å². The first-order valence-electron chi connectivity index (χ1n) is 3.76. The molecule has 1 aromatic carbocycles. The lowest BCUT2D eigenvalue weighted by atomic mass is 10.3. The van der Waals surface area contributed by atoms with Crippen molar-refractivity contribution in [3.05, 3.63) is 29.5 Å². The van der Waals surface area contributed by atoms with Crippen LogP contribution in [0.25, 0.3) is 0 Å². The van der Waals surface area contributed by atoms with Crippen LogP contribution in [-0.2, 0) is 0 Å². The summed E-state index contributed by atoms with van der Waals surface area (Å²) in [6, 6.07) is 6.81. The Labute approximate surface area is 76.3 Å². The van der Waals surface area contributed by atoms with Crippen molar-refractivity contribution in [1.29, 1.82) is 0 Å². The zero-order chi connectivity index (χ0) is 9.84. The van der Waals surface area contributed by atoms with Gasteiger partial charge in [-0.15, -0.1) is 5.34 Å². The minimum absolute atomic E-state index is 0.619. The number of hydrogen-bond acceptors (Lipinski definition) is 4. The van der Waals surface area contributed by atoms with Crippen LogP contribution >= 0.6 is 0 Å². The first-order valence-corrected chi connectivity index (χ1v) is 3.76. The molecule has 0 aromatic heterocycles. The Bertz CT molecular complexity index is 261. The van der Waals surface area contributed by atoms with E-state index in [-0.39, 0.29) is 0 Å². The molecule has 0 radical (unpaired) electrons. The summed E-state index contributed by atoms with van der Waals surface area (Å²) in [7, 11) is 3.06. The van der Waals surface area contributed by atoms with Gasteiger partial charge in [0.2, 0.25) is 0 Å². The number of ether oxygens (including phenoxy) is 1. The van der Waals surface area contributed by atoms with Crippen LogP contribution in [0.1, 0.15) is 0 Å². The van der Waals surface area contributed by atoms with Gasteiger partial charge in [-0.1, -0.05) is 0 Å². The summed E-state index contributed by atoms with van der Waals surface area (Å²) in [5.41, 5.74) is 0.619. The highest BCUT2D eigenvalue weighted by molar-refractivity contribution is 5.45. The van der Waals surface area contributed by atoms with Crippen molar-refractivity contribution < 1.29 is 15.3 Å². The van der Waals surface area contributed by atoms with Gasteiger partial charge in [-0.3, -0.25) is 0 Å². The Hall–Kier alpha value is -1.30. The number of benzene rings is 1. The van der Waals surface area contributed by atoms with Crippen LogP contribution in [0.2, 0.25) is 0 Å². The van der Waals surface area contributed by atoms with E-state index < -0.39 is 5.34 Å². The molecular weight excluding hydrogens is 172 g/mol. The zero-order valence-corrected chi connectivity index (χ0v) is 7.52. The van der Waals surface area contributed by atoms with Gasteiger partial charge in [-0.2, -0.15) is 10.2 Å². The molecule has 72 valence electrons. The van der Waals surface area contributed by atoms with Gasteiger partial charge < -0.3 is 9.94 Å². The second-order valence-corrected chi connectivity index (χ2v) is 2.54. The van der Waals surface area contributed by atoms with Gasteiger partial charge in [0, 0.05) is 0 Å². The fourth-order valence-electron chi connectivity index (χ4n) is 0.916. The van der Waals surface area contributed by atoms with Crippen LogP contribution < -0.4 is 15.1 Å². The van der Waals surface area contributed by atoms with Crippen molar-refractivity contribution in [2.75, 3.05) is 19.2 Å². The summed E-state index contributed by atoms with van der Waals surface area (Å²) >= 11 is 0. The van der Waals surface area contributed by atoms with Gasteiger partial charge in [-0.05, 0) is 24.3 Å². The van der Waals surface area contributed by atoms with E-state index in [1.807, 2.05) is 0 Å². The summed E-state index contributed by atoms with van der Waals surface area (Å²) in [6.07, 6.45) is 0. The molecule has 1 aromatic rings. The van der Waals surface area contributed by atoms with E-state index in [9.17, 15) is 5.21 Å². The monoisotopic (exact) mass is 184 g/mol. The first-order chi connectivity index (χ1) is 6.15. The maximum atomic E-state index is 10.5. The molecule has 1 atom stereocenters. The van der Waals surface area contributed by atoms with E-state index in [1.165, 1.54) is 7.05 Å². The lowest BCUT2D eigenvalue weighted by Gasteiger charge is -2.24. The first kappa shape index (κ1) is 9.79. The topological polar surface area (TPSA) is 60.2 Å². The van der Waals surface area contributed by atoms with Gasteiger partial charge in [0.15, 0.2) is 0 Å². The van der Waals surface area contributed by atoms with E-state index in [4.69, 9.17) is 9.94 Å². The standard InChI is InChI=1S/C8H12N2O3/c1-9(10(11)12)7-3-5-8(13-2)6-4-7/h3-6,10-11H,1-2H3. The molecule has 0 spiro atoms. The van der Waals surface area contributed by atoms with Gasteiger partial charge >= 0.3 is 0 Å². The lowest BCUT2D eigenvalue weighted by Crippen LogP contribution is -3.12. The molecule has 0 saturated heterocycles. The molecule has 0 aliphatic heterocycles. The number of methoxy groups -OCH3 is 1. The van der Waals surface area contributed by atoms with Crippen LogP contribution in [0.4, 0.5) is 5.69 Å². The molecule has 0 heterocycles. The van der Waals surface area contributed by atoms with E-state index in [2.05, 4.69) is 0 Å². The molecule has 0 fully saturated rings. The van der Waals surface area contributed by atoms with E-state index in [1.54, 1.807) is 31.4 Å². The SMILES string of the molecule is COc1ccc(N(C)[NH+]([O-])O)cc1. The fourth-order valence-corrected chi connectivity index (χ4v) is 0.916. The van der Waals surface area contributed by atoms with Crippen molar-refractivity contribution in [2.24, 2.45) is 0 Å². The smallest absolute Gasteiger partial charge is 0.119 e. The average molecular weight is 184 g/mol. The largest absolute Gasteiger partial charge is 0.574 e. The fraction of sp³-hybridized carbons (Fsp3) is 0.250. The van der Waals surface area contributed by atoms with Gasteiger partial charge in [0.25, 0.3) is 0 Å². The Morgan fingerprint density at radius 1 is 1.38 bits per heavy atom. The minimum Gasteiger partial charge on any atom is -0.574 e. The summed E-state index contributed by atoms with van der Waals surface area (Å²) in [6.45, 7) is 0. The Kier molecular flexibility index (Phi) is 3.07. The summed E-state index contributed by atoms with van der Waals surface area (Å²) in [5, 5.41) is 19.4. The minimum atomic E-state index is -0.981. The van der Waals surface area contributed by atoms with Gasteiger partial charge in [0.1, 0.15) is 5.75 Å². The van der Waals surface area contributed by atoms with Crippen molar-refractivity contribution >= 4 is 5.69 Å². The van der Waals surface area contributed by atoms with E-state index in [0.717, 1.165) is 5.01 Å². The second kappa shape index (κ2) is 4.08. The van der Waals surface area contributed by atoms with Crippen molar-refractivity contribution in [3.8, 4) is 5.75 Å². The normalized spacial score (nSPS) is 12.3. The van der Waals surface area contributed by atoms with Crippen LogP contribution in [0.3, 0.4) is 0 Å². The molecule has 1 rings (SSSR count). The van der Waals surface area contributed by atoms with E-state index in [0.29, 0.717) is 11.4 Å². The molecule has 0 amide bonds. The van der Waals surface area contributed by atoms with Crippen LogP contribution in [0.5, 0.6) is 5.75 Å². The number of nitrogens with zero attached hydrogens (tertiary/aromatic N) is 1. The van der Waals surface area contributed by atoms with Crippen LogP contribution in [0, 0.1) is 5.21 Å². The molecule has 5 heteroatoms. The van der Waals surface area contributed by atoms with Crippen molar-refractivity contribution in [2.45, 2.75) is 0 Å². The molecule has 1 unspecified atom stereocenters. The van der Waals surface area contributed by atoms with Crippen LogP contribution in [-0.4, -0.2) is 19.4 Å². The number of anilines is 1. The highest BCUT2D eigenvalue weighted by Gasteiger charge is 2.04. The average Bonchev–Trinajstić information content (AvgIpc) is 2.17. The number of quaternary nitrogens is 1. The Morgan fingerprint density at radius 2 is 1.92 bits per heavy atom. The lowest BCUT2D eigenvalue weighted by molar-refractivity contribution is -1.05.